The van der Waals surface area contributed by atoms with Crippen LogP contribution in [-0.4, -0.2) is 29.4 Å². The summed E-state index contributed by atoms with van der Waals surface area (Å²) in [6.07, 6.45) is 1.32. The van der Waals surface area contributed by atoms with Gasteiger partial charge in [0.25, 0.3) is 5.69 Å². The largest absolute Gasteiger partial charge is 0.865 e. The normalized spacial score (nSPS) is 10.4. The van der Waals surface area contributed by atoms with Crippen molar-refractivity contribution >= 4 is 29.2 Å². The van der Waals surface area contributed by atoms with Crippen molar-refractivity contribution in [1.29, 1.82) is 0 Å². The average Bonchev–Trinajstić information content (AvgIpc) is 2.42. The van der Waals surface area contributed by atoms with Gasteiger partial charge in [-0.1, -0.05) is 0 Å². The van der Waals surface area contributed by atoms with Crippen LogP contribution in [0, 0.1) is 10.1 Å². The van der Waals surface area contributed by atoms with Gasteiger partial charge in [0.2, 0.25) is 0 Å². The first kappa shape index (κ1) is 16.6. The van der Waals surface area contributed by atoms with Gasteiger partial charge in [-0.2, -0.15) is 5.10 Å². The van der Waals surface area contributed by atoms with Crippen LogP contribution in [0.15, 0.2) is 17.2 Å². The molecule has 21 heavy (non-hydrogen) atoms. The lowest BCUT2D eigenvalue weighted by Gasteiger charge is -2.14. The van der Waals surface area contributed by atoms with Gasteiger partial charge in [-0.25, -0.2) is 0 Å². The van der Waals surface area contributed by atoms with Crippen LogP contribution in [0.3, 0.4) is 0 Å². The number of ether oxygens (including phenoxy) is 1. The quantitative estimate of drug-likeness (QED) is 0.347. The highest BCUT2D eigenvalue weighted by atomic mass is 32.1. The van der Waals surface area contributed by atoms with E-state index in [1.165, 1.54) is 12.3 Å². The minimum Gasteiger partial charge on any atom is -0.865 e. The molecular formula is C12H15N4O4S-. The average molecular weight is 311 g/mol. The second kappa shape index (κ2) is 8.00. The van der Waals surface area contributed by atoms with Crippen molar-refractivity contribution < 1.29 is 14.8 Å². The van der Waals surface area contributed by atoms with Gasteiger partial charge >= 0.3 is 0 Å². The topological polar surface area (TPSA) is 112 Å². The summed E-state index contributed by atoms with van der Waals surface area (Å²) in [6.45, 7) is 4.44. The van der Waals surface area contributed by atoms with Crippen molar-refractivity contribution in [2.24, 2.45) is 5.10 Å². The number of hydrogen-bond donors (Lipinski definition) is 2. The first-order chi connectivity index (χ1) is 9.99. The van der Waals surface area contributed by atoms with Crippen LogP contribution < -0.4 is 20.6 Å². The molecule has 0 spiro atoms. The third-order valence-electron chi connectivity index (χ3n) is 2.27. The van der Waals surface area contributed by atoms with Crippen molar-refractivity contribution in [1.82, 2.24) is 10.7 Å². The summed E-state index contributed by atoms with van der Waals surface area (Å²) in [5.74, 6) is -0.836. The fourth-order valence-electron chi connectivity index (χ4n) is 1.45. The number of thiocarbonyl (C=S) groups is 1. The van der Waals surface area contributed by atoms with Crippen molar-refractivity contribution in [3.05, 3.63) is 27.8 Å². The summed E-state index contributed by atoms with van der Waals surface area (Å²) in [5, 5.41) is 29.6. The maximum Gasteiger partial charge on any atom is 0.266 e. The van der Waals surface area contributed by atoms with E-state index in [2.05, 4.69) is 15.8 Å². The van der Waals surface area contributed by atoms with Crippen molar-refractivity contribution in [2.45, 2.75) is 13.8 Å². The molecule has 1 aromatic carbocycles. The molecule has 1 aromatic rings. The lowest BCUT2D eigenvalue weighted by molar-refractivity contribution is -0.398. The van der Waals surface area contributed by atoms with Gasteiger partial charge in [0.1, 0.15) is 5.75 Å². The molecule has 9 heteroatoms. The molecule has 0 saturated heterocycles. The molecule has 0 aromatic heterocycles. The minimum atomic E-state index is -0.755. The third-order valence-corrected chi connectivity index (χ3v) is 2.51. The molecular weight excluding hydrogens is 296 g/mol. The summed E-state index contributed by atoms with van der Waals surface area (Å²) in [5.41, 5.74) is 2.35. The van der Waals surface area contributed by atoms with E-state index in [0.29, 0.717) is 17.2 Å². The Morgan fingerprint density at radius 1 is 1.52 bits per heavy atom. The Hall–Kier alpha value is -2.42. The Labute approximate surface area is 127 Å². The molecule has 0 amide bonds. The van der Waals surface area contributed by atoms with Gasteiger partial charge in [-0.15, -0.1) is 0 Å². The molecule has 0 aliphatic carbocycles. The molecule has 0 atom stereocenters. The maximum absolute atomic E-state index is 11.8. The molecule has 0 radical (unpaired) electrons. The van der Waals surface area contributed by atoms with E-state index in [0.717, 1.165) is 6.07 Å². The van der Waals surface area contributed by atoms with Crippen LogP contribution in [0.1, 0.15) is 19.4 Å². The van der Waals surface area contributed by atoms with Crippen molar-refractivity contribution in [2.75, 3.05) is 13.2 Å². The zero-order valence-electron chi connectivity index (χ0n) is 11.6. The smallest absolute Gasteiger partial charge is 0.266 e. The first-order valence-electron chi connectivity index (χ1n) is 6.18. The van der Waals surface area contributed by atoms with Crippen molar-refractivity contribution in [3.63, 3.8) is 0 Å². The predicted octanol–water partition coefficient (Wildman–Crippen LogP) is 0.885. The molecule has 0 heterocycles. The highest BCUT2D eigenvalue weighted by Gasteiger charge is 2.13. The Bertz CT molecular complexity index is 562. The molecule has 0 aliphatic heterocycles. The highest BCUT2D eigenvalue weighted by Crippen LogP contribution is 2.34. The molecule has 2 N–H and O–H groups in total. The molecule has 0 saturated carbocycles. The van der Waals surface area contributed by atoms with Crippen molar-refractivity contribution in [3.8, 4) is 11.5 Å². The number of benzene rings is 1. The van der Waals surface area contributed by atoms with E-state index in [4.69, 9.17) is 17.0 Å². The Balaban J connectivity index is 2.99. The Kier molecular flexibility index (Phi) is 6.34. The fraction of sp³-hybridized carbons (Fsp3) is 0.333. The fourth-order valence-corrected chi connectivity index (χ4v) is 1.64. The zero-order chi connectivity index (χ0) is 15.8. The van der Waals surface area contributed by atoms with E-state index in [1.54, 1.807) is 6.92 Å². The van der Waals surface area contributed by atoms with Crippen LogP contribution in [0.4, 0.5) is 5.69 Å². The van der Waals surface area contributed by atoms with Gasteiger partial charge in [-0.05, 0) is 32.1 Å². The second-order valence-corrected chi connectivity index (χ2v) is 4.20. The van der Waals surface area contributed by atoms with Gasteiger partial charge in [0.05, 0.1) is 17.7 Å². The first-order valence-corrected chi connectivity index (χ1v) is 6.59. The Morgan fingerprint density at radius 3 is 2.81 bits per heavy atom. The van der Waals surface area contributed by atoms with E-state index < -0.39 is 16.4 Å². The summed E-state index contributed by atoms with van der Waals surface area (Å²) in [6, 6.07) is 2.52. The zero-order valence-corrected chi connectivity index (χ0v) is 12.4. The molecule has 8 nitrogen and oxygen atoms in total. The number of nitrogens with one attached hydrogen (secondary N) is 2. The summed E-state index contributed by atoms with van der Waals surface area (Å²) in [7, 11) is 0. The SMILES string of the molecule is CCNC(=S)N/N=C\c1cc(OCC)c([O-])c([N+](=O)[O-])c1. The second-order valence-electron chi connectivity index (χ2n) is 3.79. The van der Waals surface area contributed by atoms with Crippen LogP contribution >= 0.6 is 12.2 Å². The number of hydrogen-bond acceptors (Lipinski definition) is 6. The molecule has 1 rings (SSSR count). The summed E-state index contributed by atoms with van der Waals surface area (Å²) >= 11 is 4.91. The molecule has 0 fully saturated rings. The van der Waals surface area contributed by atoms with Gasteiger partial charge in [0, 0.05) is 23.9 Å². The maximum atomic E-state index is 11.8. The van der Waals surface area contributed by atoms with E-state index >= 15 is 0 Å². The Morgan fingerprint density at radius 2 is 2.24 bits per heavy atom. The minimum absolute atomic E-state index is 0.0811. The monoisotopic (exact) mass is 311 g/mol. The lowest BCUT2D eigenvalue weighted by Crippen LogP contribution is -2.31. The molecule has 0 bridgehead atoms. The van der Waals surface area contributed by atoms with Gasteiger partial charge < -0.3 is 15.2 Å². The molecule has 0 unspecified atom stereocenters. The van der Waals surface area contributed by atoms with Crippen LogP contribution in [0.5, 0.6) is 11.5 Å². The molecule has 114 valence electrons. The van der Waals surface area contributed by atoms with Crippen LogP contribution in [-0.2, 0) is 0 Å². The van der Waals surface area contributed by atoms with Gasteiger partial charge in [0.15, 0.2) is 5.11 Å². The lowest BCUT2D eigenvalue weighted by atomic mass is 10.2. The van der Waals surface area contributed by atoms with E-state index in [-0.39, 0.29) is 12.4 Å². The standard InChI is InChI=1S/C12H16N4O4S/c1-3-13-12(21)15-14-7-8-5-9(16(18)19)11(17)10(6-8)20-4-2/h5-7,17H,3-4H2,1-2H3,(H2,13,15,21)/p-1/b14-7-. The highest BCUT2D eigenvalue weighted by molar-refractivity contribution is 7.80. The molecule has 0 aliphatic rings. The summed E-state index contributed by atoms with van der Waals surface area (Å²) < 4.78 is 5.10. The van der Waals surface area contributed by atoms with Crippen LogP contribution in [0.25, 0.3) is 0 Å². The predicted molar refractivity (Wildman–Crippen MR) is 80.7 cm³/mol. The van der Waals surface area contributed by atoms with Crippen LogP contribution in [0.2, 0.25) is 0 Å². The number of rotatable bonds is 6. The third kappa shape index (κ3) is 4.88. The number of nitro groups is 1. The van der Waals surface area contributed by atoms with Gasteiger partial charge in [-0.3, -0.25) is 15.5 Å². The van der Waals surface area contributed by atoms with E-state index in [9.17, 15) is 15.2 Å². The summed E-state index contributed by atoms with van der Waals surface area (Å²) in [4.78, 5) is 10.1. The van der Waals surface area contributed by atoms with E-state index in [1.807, 2.05) is 6.92 Å². The number of nitro benzene ring substituents is 1. The number of nitrogens with zero attached hydrogens (tertiary/aromatic N) is 2. The number of hydrazone groups is 1.